The van der Waals surface area contributed by atoms with Crippen molar-refractivity contribution in [3.63, 3.8) is 0 Å². The third-order valence-corrected chi connectivity index (χ3v) is 13.5. The third kappa shape index (κ3) is 5.79. The lowest BCUT2D eigenvalue weighted by Gasteiger charge is -2.44. The zero-order valence-corrected chi connectivity index (χ0v) is 25.0. The van der Waals surface area contributed by atoms with Crippen LogP contribution >= 0.6 is 0 Å². The molecule has 1 fully saturated rings. The van der Waals surface area contributed by atoms with Gasteiger partial charge in [0.1, 0.15) is 5.82 Å². The first-order valence-electron chi connectivity index (χ1n) is 14.3. The molecular weight excluding hydrogens is 503 g/mol. The second kappa shape index (κ2) is 11.1. The highest BCUT2D eigenvalue weighted by atomic mass is 28.4. The van der Waals surface area contributed by atoms with E-state index in [9.17, 15) is 9.18 Å². The molecule has 206 valence electrons. The maximum absolute atomic E-state index is 14.0. The van der Waals surface area contributed by atoms with Gasteiger partial charge in [-0.1, -0.05) is 76.1 Å². The number of hydrogen-bond donors (Lipinski definition) is 0. The Bertz CT molecular complexity index is 1310. The van der Waals surface area contributed by atoms with Crippen LogP contribution in [0.25, 0.3) is 11.1 Å². The number of hydrogen-bond acceptors (Lipinski definition) is 4. The van der Waals surface area contributed by atoms with E-state index in [1.165, 1.54) is 17.7 Å². The highest BCUT2D eigenvalue weighted by Crippen LogP contribution is 2.47. The van der Waals surface area contributed by atoms with Gasteiger partial charge in [0.2, 0.25) is 0 Å². The molecule has 1 aliphatic carbocycles. The fraction of sp³-hybridized carbons (Fsp3) is 0.455. The molecule has 6 heteroatoms. The van der Waals surface area contributed by atoms with E-state index < -0.39 is 8.32 Å². The van der Waals surface area contributed by atoms with Gasteiger partial charge >= 0.3 is 0 Å². The van der Waals surface area contributed by atoms with Crippen LogP contribution in [0.5, 0.6) is 0 Å². The average Bonchev–Trinajstić information content (AvgIpc) is 3.43. The Kier molecular flexibility index (Phi) is 7.91. The van der Waals surface area contributed by atoms with Gasteiger partial charge in [-0.25, -0.2) is 4.39 Å². The number of aromatic nitrogens is 1. The quantitative estimate of drug-likeness (QED) is 0.221. The fourth-order valence-corrected chi connectivity index (χ4v) is 7.16. The van der Waals surface area contributed by atoms with Gasteiger partial charge in [-0.15, -0.1) is 0 Å². The first-order chi connectivity index (χ1) is 18.6. The lowest BCUT2D eigenvalue weighted by Crippen LogP contribution is -2.46. The van der Waals surface area contributed by atoms with Crippen LogP contribution in [-0.2, 0) is 17.5 Å². The smallest absolute Gasteiger partial charge is 0.192 e. The van der Waals surface area contributed by atoms with Crippen LogP contribution in [0.1, 0.15) is 91.3 Å². The average molecular weight is 545 g/mol. The van der Waals surface area contributed by atoms with E-state index in [-0.39, 0.29) is 22.9 Å². The van der Waals surface area contributed by atoms with Gasteiger partial charge < -0.3 is 4.43 Å². The van der Waals surface area contributed by atoms with E-state index in [1.54, 1.807) is 12.1 Å². The predicted octanol–water partition coefficient (Wildman–Crippen LogP) is 8.44. The minimum Gasteiger partial charge on any atom is -0.409 e. The molecule has 4 nitrogen and oxygen atoms in total. The van der Waals surface area contributed by atoms with Crippen LogP contribution in [-0.4, -0.2) is 31.0 Å². The molecule has 0 N–H and O–H groups in total. The summed E-state index contributed by atoms with van der Waals surface area (Å²) >= 11 is 0. The number of benzene rings is 2. The van der Waals surface area contributed by atoms with Gasteiger partial charge in [-0.05, 0) is 54.2 Å². The van der Waals surface area contributed by atoms with Crippen LogP contribution in [0.15, 0.2) is 54.6 Å². The van der Waals surface area contributed by atoms with E-state index in [1.807, 2.05) is 6.07 Å². The number of aldehydes is 1. The predicted molar refractivity (Wildman–Crippen MR) is 158 cm³/mol. The molecule has 1 unspecified atom stereocenters. The third-order valence-electron chi connectivity index (χ3n) is 8.99. The van der Waals surface area contributed by atoms with Crippen molar-refractivity contribution in [2.75, 3.05) is 6.54 Å². The lowest BCUT2D eigenvalue weighted by molar-refractivity contribution is 0.0934. The molecule has 2 aromatic carbocycles. The highest BCUT2D eigenvalue weighted by molar-refractivity contribution is 6.74. The molecular formula is C33H41FN2O2Si. The van der Waals surface area contributed by atoms with E-state index in [2.05, 4.69) is 63.0 Å². The van der Waals surface area contributed by atoms with Gasteiger partial charge in [0.05, 0.1) is 17.5 Å². The highest BCUT2D eigenvalue weighted by Gasteiger charge is 2.43. The van der Waals surface area contributed by atoms with Gasteiger partial charge in [0, 0.05) is 42.2 Å². The summed E-state index contributed by atoms with van der Waals surface area (Å²) in [5, 5.41) is 0.0234. The Balaban J connectivity index is 1.70. The molecule has 0 spiro atoms. The van der Waals surface area contributed by atoms with E-state index in [4.69, 9.17) is 9.41 Å². The molecule has 3 aromatic rings. The topological polar surface area (TPSA) is 42.4 Å². The molecule has 2 heterocycles. The van der Waals surface area contributed by atoms with E-state index >= 15 is 0 Å². The van der Waals surface area contributed by atoms with Crippen LogP contribution < -0.4 is 0 Å². The van der Waals surface area contributed by atoms with Crippen LogP contribution in [0, 0.1) is 5.82 Å². The van der Waals surface area contributed by atoms with Gasteiger partial charge in [-0.2, -0.15) is 0 Å². The van der Waals surface area contributed by atoms with E-state index in [0.29, 0.717) is 18.7 Å². The number of carbonyl (C=O) groups excluding carboxylic acids is 1. The summed E-state index contributed by atoms with van der Waals surface area (Å²) in [5.41, 5.74) is 6.58. The summed E-state index contributed by atoms with van der Waals surface area (Å²) in [4.78, 5) is 20.5. The van der Waals surface area contributed by atoms with Crippen molar-refractivity contribution in [3.05, 3.63) is 88.5 Å². The van der Waals surface area contributed by atoms with Crippen molar-refractivity contribution in [2.24, 2.45) is 0 Å². The fourth-order valence-electron chi connectivity index (χ4n) is 5.90. The van der Waals surface area contributed by atoms with Gasteiger partial charge in [0.15, 0.2) is 14.6 Å². The number of carbonyl (C=O) groups is 1. The number of nitrogens with zero attached hydrogens (tertiary/aromatic N) is 2. The first kappa shape index (κ1) is 27.9. The monoisotopic (exact) mass is 544 g/mol. The summed E-state index contributed by atoms with van der Waals surface area (Å²) in [6.07, 6.45) is 5.16. The molecule has 0 amide bonds. The van der Waals surface area contributed by atoms with Crippen LogP contribution in [0.4, 0.5) is 4.39 Å². The Morgan fingerprint density at radius 3 is 2.33 bits per heavy atom. The van der Waals surface area contributed by atoms with Crippen LogP contribution in [0.3, 0.4) is 0 Å². The molecule has 1 saturated carbocycles. The van der Waals surface area contributed by atoms with Crippen molar-refractivity contribution in [2.45, 2.75) is 89.7 Å². The summed E-state index contributed by atoms with van der Waals surface area (Å²) < 4.78 is 21.2. The number of pyridine rings is 1. The second-order valence-electron chi connectivity index (χ2n) is 12.8. The van der Waals surface area contributed by atoms with Crippen molar-refractivity contribution in [1.82, 2.24) is 9.88 Å². The Morgan fingerprint density at radius 2 is 1.72 bits per heavy atom. The summed E-state index contributed by atoms with van der Waals surface area (Å²) in [6.45, 7) is 13.5. The molecule has 1 atom stereocenters. The second-order valence-corrected chi connectivity index (χ2v) is 17.5. The molecule has 1 aromatic heterocycles. The zero-order valence-electron chi connectivity index (χ0n) is 24.0. The standard InChI is InChI=1S/C33H41FN2O2Si/c1-33(2,3)39(4,5)38-29-21-36(19-23-11-7-6-8-12-23)20-28-31(29)30(24-15-17-26(34)18-16-24)27(22-37)32(35-28)25-13-9-10-14-25/h6-8,11-12,15-18,22,25,29H,9-10,13-14,19-21H2,1-5H3. The summed E-state index contributed by atoms with van der Waals surface area (Å²) in [7, 11) is -2.18. The van der Waals surface area contributed by atoms with Crippen molar-refractivity contribution in [1.29, 1.82) is 0 Å². The minimum atomic E-state index is -2.18. The number of halogens is 1. The lowest BCUT2D eigenvalue weighted by atomic mass is 9.85. The largest absolute Gasteiger partial charge is 0.409 e. The normalized spacial score (nSPS) is 18.8. The summed E-state index contributed by atoms with van der Waals surface area (Å²) in [6, 6.07) is 17.1. The van der Waals surface area contributed by atoms with Crippen molar-refractivity contribution < 1.29 is 13.6 Å². The van der Waals surface area contributed by atoms with E-state index in [0.717, 1.165) is 66.6 Å². The molecule has 5 rings (SSSR count). The SMILES string of the molecule is CC(C)(C)[Si](C)(C)OC1CN(Cc2ccccc2)Cc2nc(C3CCCC3)c(C=O)c(-c3ccc(F)cc3)c21. The minimum absolute atomic E-state index is 0.0234. The molecule has 1 aliphatic heterocycles. The Morgan fingerprint density at radius 1 is 1.05 bits per heavy atom. The zero-order chi connectivity index (χ0) is 27.8. The molecule has 39 heavy (non-hydrogen) atoms. The van der Waals surface area contributed by atoms with Crippen molar-refractivity contribution in [3.8, 4) is 11.1 Å². The maximum Gasteiger partial charge on any atom is 0.192 e. The van der Waals surface area contributed by atoms with Crippen LogP contribution in [0.2, 0.25) is 18.1 Å². The molecule has 0 saturated heterocycles. The number of fused-ring (bicyclic) bond motifs is 1. The number of rotatable bonds is 7. The Labute approximate surface area is 233 Å². The molecule has 0 bridgehead atoms. The maximum atomic E-state index is 14.0. The molecule has 0 radical (unpaired) electrons. The van der Waals surface area contributed by atoms with Gasteiger partial charge in [0.25, 0.3) is 0 Å². The Hall–Kier alpha value is -2.67. The first-order valence-corrected chi connectivity index (χ1v) is 17.2. The van der Waals surface area contributed by atoms with Gasteiger partial charge in [-0.3, -0.25) is 14.7 Å². The molecule has 2 aliphatic rings. The summed E-state index contributed by atoms with van der Waals surface area (Å²) in [5.74, 6) is -0.00703. The van der Waals surface area contributed by atoms with Crippen molar-refractivity contribution >= 4 is 14.6 Å².